The molecule has 1 aliphatic rings. The Morgan fingerprint density at radius 1 is 1.18 bits per heavy atom. The van der Waals surface area contributed by atoms with Crippen LogP contribution in [0.2, 0.25) is 0 Å². The van der Waals surface area contributed by atoms with E-state index in [4.69, 9.17) is 5.73 Å². The summed E-state index contributed by atoms with van der Waals surface area (Å²) < 4.78 is 0. The fraction of sp³-hybridized carbons (Fsp3) is 0.857. The molecule has 0 aromatic rings. The van der Waals surface area contributed by atoms with Crippen molar-refractivity contribution in [1.29, 1.82) is 0 Å². The van der Waals surface area contributed by atoms with Crippen LogP contribution in [0.3, 0.4) is 0 Å². The van der Waals surface area contributed by atoms with Crippen molar-refractivity contribution in [3.8, 4) is 0 Å². The van der Waals surface area contributed by atoms with Crippen LogP contribution in [0.4, 0.5) is 0 Å². The van der Waals surface area contributed by atoms with E-state index in [1.165, 1.54) is 19.3 Å². The predicted molar refractivity (Wildman–Crippen MR) is 41.5 cm³/mol. The van der Waals surface area contributed by atoms with Crippen molar-refractivity contribution in [2.45, 2.75) is 32.1 Å². The van der Waals surface area contributed by atoms with Gasteiger partial charge in [0.05, 0.1) is 0 Å². The van der Waals surface area contributed by atoms with E-state index in [1.807, 2.05) is 0 Å². The number of rotatable bonds is 1. The van der Waals surface area contributed by atoms with E-state index in [0.29, 0.717) is 0 Å². The molecule has 0 spiro atoms. The second-order valence-electron chi connectivity index (χ2n) is 2.74. The van der Waals surface area contributed by atoms with Gasteiger partial charge in [0.2, 0.25) is 5.91 Å². The molecule has 0 unspecified atom stereocenters. The van der Waals surface area contributed by atoms with Gasteiger partial charge in [-0.3, -0.25) is 4.79 Å². The minimum atomic E-state index is -0.102. The molecule has 1 saturated carbocycles. The van der Waals surface area contributed by atoms with Crippen LogP contribution in [0.1, 0.15) is 32.1 Å². The first-order valence-corrected chi connectivity index (χ1v) is 3.60. The van der Waals surface area contributed by atoms with E-state index in [0.717, 1.165) is 12.8 Å². The molecule has 4 heteroatoms. The summed E-state index contributed by atoms with van der Waals surface area (Å²) in [5.74, 6) is 0.0912. The van der Waals surface area contributed by atoms with E-state index >= 15 is 0 Å². The zero-order valence-corrected chi connectivity index (χ0v) is 9.68. The Balaban J connectivity index is 0. The quantitative estimate of drug-likeness (QED) is 0.506. The monoisotopic (exact) mass is 230 g/mol. The number of nitrogens with two attached hydrogens (primary N) is 1. The third-order valence-corrected chi connectivity index (χ3v) is 2.01. The van der Waals surface area contributed by atoms with Crippen LogP contribution in [0.15, 0.2) is 0 Å². The zero-order chi connectivity index (χ0) is 6.69. The predicted octanol–water partition coefficient (Wildman–Crippen LogP) is -2.32. The molecule has 0 bridgehead atoms. The number of carbonyl (C=O) groups excluding carboxylic acids is 1. The summed E-state index contributed by atoms with van der Waals surface area (Å²) in [6.07, 6.45) is 5.70. The maximum absolute atomic E-state index is 10.6. The van der Waals surface area contributed by atoms with Gasteiger partial charge in [-0.25, -0.2) is 0 Å². The number of halogens is 1. The molecule has 2 N–H and O–H groups in total. The van der Waals surface area contributed by atoms with E-state index in [-0.39, 0.29) is 51.9 Å². The van der Waals surface area contributed by atoms with E-state index in [2.05, 4.69) is 0 Å². The molecule has 0 saturated heterocycles. The van der Waals surface area contributed by atoms with Gasteiger partial charge >= 0.3 is 23.1 Å². The van der Waals surface area contributed by atoms with Crippen molar-refractivity contribution in [2.24, 2.45) is 11.7 Å². The fourth-order valence-corrected chi connectivity index (χ4v) is 1.39. The summed E-state index contributed by atoms with van der Waals surface area (Å²) >= 11 is 0. The number of hydrogen-bond donors (Lipinski definition) is 1. The Labute approximate surface area is 94.2 Å². The summed E-state index contributed by atoms with van der Waals surface area (Å²) in [6, 6.07) is 0. The van der Waals surface area contributed by atoms with Crippen LogP contribution in [0.5, 0.6) is 0 Å². The minimum Gasteiger partial charge on any atom is -1.00 e. The Hall–Kier alpha value is 0.716. The van der Waals surface area contributed by atoms with Crippen LogP contribution in [-0.2, 0) is 4.79 Å². The first-order valence-electron chi connectivity index (χ1n) is 3.60. The van der Waals surface area contributed by atoms with Gasteiger partial charge in [0.15, 0.2) is 0 Å². The normalized spacial score (nSPS) is 17.8. The standard InChI is InChI=1S/C7H13NO.BrH.Mg/c8-7(9)6-4-2-1-3-5-6;;/h6H,1-5H2,(H2,8,9);1H;/q;;+2/p-1. The molecule has 1 aliphatic carbocycles. The molecule has 0 aromatic heterocycles. The summed E-state index contributed by atoms with van der Waals surface area (Å²) in [4.78, 5) is 10.6. The Morgan fingerprint density at radius 2 is 1.64 bits per heavy atom. The SMILES string of the molecule is NC(=O)C1CCCCC1.[Br-].[Mg+2]. The molecule has 60 valence electrons. The number of hydrogen-bond acceptors (Lipinski definition) is 1. The maximum Gasteiger partial charge on any atom is 2.00 e. The van der Waals surface area contributed by atoms with Crippen LogP contribution in [-0.4, -0.2) is 29.0 Å². The second-order valence-corrected chi connectivity index (χ2v) is 2.74. The zero-order valence-electron chi connectivity index (χ0n) is 6.68. The van der Waals surface area contributed by atoms with Gasteiger partial charge in [-0.1, -0.05) is 19.3 Å². The number of amides is 1. The first-order chi connectivity index (χ1) is 4.30. The van der Waals surface area contributed by atoms with Gasteiger partial charge in [0.1, 0.15) is 0 Å². The number of primary amides is 1. The molecular formula is C7H13BrMgNO+. The second kappa shape index (κ2) is 7.37. The summed E-state index contributed by atoms with van der Waals surface area (Å²) in [6.45, 7) is 0. The van der Waals surface area contributed by atoms with Crippen molar-refractivity contribution in [1.82, 2.24) is 0 Å². The topological polar surface area (TPSA) is 43.1 Å². The van der Waals surface area contributed by atoms with E-state index in [9.17, 15) is 4.79 Å². The van der Waals surface area contributed by atoms with Gasteiger partial charge in [-0.05, 0) is 12.8 Å². The third-order valence-electron chi connectivity index (χ3n) is 2.01. The summed E-state index contributed by atoms with van der Waals surface area (Å²) in [7, 11) is 0. The smallest absolute Gasteiger partial charge is 1.00 e. The average molecular weight is 231 g/mol. The van der Waals surface area contributed by atoms with Gasteiger partial charge in [-0.15, -0.1) is 0 Å². The molecule has 0 aliphatic heterocycles. The molecule has 11 heavy (non-hydrogen) atoms. The first kappa shape index (κ1) is 14.3. The van der Waals surface area contributed by atoms with Crippen molar-refractivity contribution in [2.75, 3.05) is 0 Å². The van der Waals surface area contributed by atoms with Crippen molar-refractivity contribution >= 4 is 29.0 Å². The number of carbonyl (C=O) groups is 1. The maximum atomic E-state index is 10.6. The third kappa shape index (κ3) is 5.03. The summed E-state index contributed by atoms with van der Waals surface area (Å²) in [5.41, 5.74) is 5.13. The molecule has 1 amide bonds. The molecule has 0 aromatic carbocycles. The summed E-state index contributed by atoms with van der Waals surface area (Å²) in [5, 5.41) is 0. The fourth-order valence-electron chi connectivity index (χ4n) is 1.39. The molecule has 1 fully saturated rings. The van der Waals surface area contributed by atoms with Gasteiger partial charge < -0.3 is 22.7 Å². The molecular weight excluding hydrogens is 218 g/mol. The van der Waals surface area contributed by atoms with Gasteiger partial charge in [0.25, 0.3) is 0 Å². The molecule has 0 atom stereocenters. The Morgan fingerprint density at radius 3 is 1.91 bits per heavy atom. The van der Waals surface area contributed by atoms with E-state index in [1.54, 1.807) is 0 Å². The van der Waals surface area contributed by atoms with Crippen molar-refractivity contribution in [3.63, 3.8) is 0 Å². The van der Waals surface area contributed by atoms with Gasteiger partial charge in [0, 0.05) is 5.92 Å². The van der Waals surface area contributed by atoms with Crippen molar-refractivity contribution < 1.29 is 21.8 Å². The Kier molecular flexibility index (Phi) is 9.55. The largest absolute Gasteiger partial charge is 2.00 e. The van der Waals surface area contributed by atoms with Gasteiger partial charge in [-0.2, -0.15) is 0 Å². The van der Waals surface area contributed by atoms with Crippen LogP contribution < -0.4 is 22.7 Å². The molecule has 0 heterocycles. The average Bonchev–Trinajstić information content (AvgIpc) is 1.90. The molecule has 0 radical (unpaired) electrons. The minimum absolute atomic E-state index is 0. The molecule has 2 nitrogen and oxygen atoms in total. The van der Waals surface area contributed by atoms with Crippen molar-refractivity contribution in [3.05, 3.63) is 0 Å². The Bertz CT molecular complexity index is 115. The molecule has 1 rings (SSSR count). The van der Waals surface area contributed by atoms with Crippen LogP contribution in [0, 0.1) is 5.92 Å². The van der Waals surface area contributed by atoms with E-state index < -0.39 is 0 Å². The van der Waals surface area contributed by atoms with Crippen LogP contribution >= 0.6 is 0 Å². The van der Waals surface area contributed by atoms with Crippen LogP contribution in [0.25, 0.3) is 0 Å².